The van der Waals surface area contributed by atoms with Gasteiger partial charge in [0.15, 0.2) is 0 Å². The van der Waals surface area contributed by atoms with E-state index in [1.807, 2.05) is 31.4 Å². The van der Waals surface area contributed by atoms with Gasteiger partial charge in [-0.05, 0) is 18.4 Å². The first-order chi connectivity index (χ1) is 11.2. The van der Waals surface area contributed by atoms with Gasteiger partial charge in [-0.25, -0.2) is 4.79 Å². The van der Waals surface area contributed by atoms with Crippen molar-refractivity contribution in [3.63, 3.8) is 0 Å². The monoisotopic (exact) mass is 314 g/mol. The molecule has 0 bridgehead atoms. The molecule has 6 nitrogen and oxygen atoms in total. The lowest BCUT2D eigenvalue weighted by Gasteiger charge is -2.30. The second kappa shape index (κ2) is 7.28. The van der Waals surface area contributed by atoms with Crippen LogP contribution in [0.15, 0.2) is 42.7 Å². The Hall–Kier alpha value is -2.34. The molecule has 2 heterocycles. The minimum Gasteiger partial charge on any atom is -0.373 e. The molecule has 2 amide bonds. The highest BCUT2D eigenvalue weighted by atomic mass is 16.5. The molecule has 0 aliphatic carbocycles. The van der Waals surface area contributed by atoms with E-state index in [-0.39, 0.29) is 18.2 Å². The van der Waals surface area contributed by atoms with E-state index in [0.717, 1.165) is 24.0 Å². The summed E-state index contributed by atoms with van der Waals surface area (Å²) in [5, 5.41) is 9.99. The van der Waals surface area contributed by atoms with Gasteiger partial charge in [0, 0.05) is 38.0 Å². The Morgan fingerprint density at radius 3 is 2.96 bits per heavy atom. The fraction of sp³-hybridized carbons (Fsp3) is 0.412. The third kappa shape index (κ3) is 4.32. The Bertz CT molecular complexity index is 641. The molecule has 2 aromatic rings. The van der Waals surface area contributed by atoms with Crippen molar-refractivity contribution < 1.29 is 9.53 Å². The van der Waals surface area contributed by atoms with Gasteiger partial charge in [0.2, 0.25) is 0 Å². The number of rotatable bonds is 4. The van der Waals surface area contributed by atoms with Crippen LogP contribution in [0.2, 0.25) is 0 Å². The van der Waals surface area contributed by atoms with Gasteiger partial charge >= 0.3 is 6.03 Å². The predicted molar refractivity (Wildman–Crippen MR) is 86.7 cm³/mol. The highest BCUT2D eigenvalue weighted by molar-refractivity contribution is 5.74. The van der Waals surface area contributed by atoms with Gasteiger partial charge in [0.25, 0.3) is 0 Å². The van der Waals surface area contributed by atoms with Gasteiger partial charge < -0.3 is 15.4 Å². The van der Waals surface area contributed by atoms with Crippen molar-refractivity contribution >= 4 is 6.03 Å². The van der Waals surface area contributed by atoms with E-state index in [4.69, 9.17) is 4.74 Å². The first-order valence-electron chi connectivity index (χ1n) is 7.89. The SMILES string of the molecule is Cn1cc(CNC(=O)N[C@@H]2CCO[C@H](c3ccccc3)C2)cn1. The average Bonchev–Trinajstić information content (AvgIpc) is 3.00. The lowest BCUT2D eigenvalue weighted by molar-refractivity contribution is 0.00225. The molecule has 1 aliphatic rings. The minimum absolute atomic E-state index is 0.0496. The maximum Gasteiger partial charge on any atom is 0.315 e. The lowest BCUT2D eigenvalue weighted by Crippen LogP contribution is -2.44. The summed E-state index contributed by atoms with van der Waals surface area (Å²) in [6, 6.07) is 10.1. The number of ether oxygens (including phenoxy) is 1. The Kier molecular flexibility index (Phi) is 4.92. The van der Waals surface area contributed by atoms with Crippen LogP contribution in [-0.2, 0) is 18.3 Å². The molecule has 1 aliphatic heterocycles. The van der Waals surface area contributed by atoms with Gasteiger partial charge in [-0.2, -0.15) is 5.10 Å². The van der Waals surface area contributed by atoms with Crippen LogP contribution in [0.4, 0.5) is 4.79 Å². The first-order valence-corrected chi connectivity index (χ1v) is 7.89. The standard InChI is InChI=1S/C17H22N4O2/c1-21-12-13(11-19-21)10-18-17(22)20-15-7-8-23-16(9-15)14-5-3-2-4-6-14/h2-6,11-12,15-16H,7-10H2,1H3,(H2,18,20,22)/t15-,16+/m1/s1. The molecule has 1 saturated heterocycles. The number of aryl methyl sites for hydroxylation is 1. The number of urea groups is 1. The molecule has 3 rings (SSSR count). The molecular weight excluding hydrogens is 292 g/mol. The Morgan fingerprint density at radius 2 is 2.22 bits per heavy atom. The predicted octanol–water partition coefficient (Wildman–Crippen LogP) is 2.14. The second-order valence-corrected chi connectivity index (χ2v) is 5.84. The number of hydrogen-bond donors (Lipinski definition) is 2. The highest BCUT2D eigenvalue weighted by Gasteiger charge is 2.24. The van der Waals surface area contributed by atoms with E-state index >= 15 is 0 Å². The number of carbonyl (C=O) groups is 1. The van der Waals surface area contributed by atoms with E-state index in [2.05, 4.69) is 27.9 Å². The molecule has 2 N–H and O–H groups in total. The van der Waals surface area contributed by atoms with Crippen LogP contribution >= 0.6 is 0 Å². The summed E-state index contributed by atoms with van der Waals surface area (Å²) < 4.78 is 7.55. The number of aromatic nitrogens is 2. The van der Waals surface area contributed by atoms with Gasteiger partial charge in [-0.15, -0.1) is 0 Å². The largest absolute Gasteiger partial charge is 0.373 e. The van der Waals surface area contributed by atoms with Crippen molar-refractivity contribution in [2.75, 3.05) is 6.61 Å². The van der Waals surface area contributed by atoms with E-state index < -0.39 is 0 Å². The summed E-state index contributed by atoms with van der Waals surface area (Å²) in [5.41, 5.74) is 2.14. The molecule has 0 spiro atoms. The summed E-state index contributed by atoms with van der Waals surface area (Å²) in [4.78, 5) is 12.0. The molecule has 0 unspecified atom stereocenters. The summed E-state index contributed by atoms with van der Waals surface area (Å²) in [6.07, 6.45) is 5.32. The van der Waals surface area contributed by atoms with Crippen molar-refractivity contribution in [3.8, 4) is 0 Å². The maximum absolute atomic E-state index is 12.0. The Morgan fingerprint density at radius 1 is 1.39 bits per heavy atom. The van der Waals surface area contributed by atoms with Gasteiger partial charge in [-0.1, -0.05) is 30.3 Å². The topological polar surface area (TPSA) is 68.2 Å². The Labute approximate surface area is 135 Å². The smallest absolute Gasteiger partial charge is 0.315 e. The molecule has 2 atom stereocenters. The minimum atomic E-state index is -0.146. The molecule has 6 heteroatoms. The molecule has 1 aromatic heterocycles. The maximum atomic E-state index is 12.0. The molecule has 0 saturated carbocycles. The summed E-state index contributed by atoms with van der Waals surface area (Å²) >= 11 is 0. The second-order valence-electron chi connectivity index (χ2n) is 5.84. The van der Waals surface area contributed by atoms with Crippen LogP contribution in [0.5, 0.6) is 0 Å². The number of nitrogens with zero attached hydrogens (tertiary/aromatic N) is 2. The fourth-order valence-corrected chi connectivity index (χ4v) is 2.81. The van der Waals surface area contributed by atoms with Crippen molar-refractivity contribution in [1.29, 1.82) is 0 Å². The number of nitrogens with one attached hydrogen (secondary N) is 2. The third-order valence-electron chi connectivity index (χ3n) is 4.00. The van der Waals surface area contributed by atoms with Crippen molar-refractivity contribution in [3.05, 3.63) is 53.9 Å². The zero-order valence-corrected chi connectivity index (χ0v) is 13.2. The Balaban J connectivity index is 1.48. The molecule has 23 heavy (non-hydrogen) atoms. The van der Waals surface area contributed by atoms with Crippen LogP contribution < -0.4 is 10.6 Å². The third-order valence-corrected chi connectivity index (χ3v) is 4.00. The highest BCUT2D eigenvalue weighted by Crippen LogP contribution is 2.27. The van der Waals surface area contributed by atoms with E-state index in [0.29, 0.717) is 13.2 Å². The lowest BCUT2D eigenvalue weighted by atomic mass is 9.97. The van der Waals surface area contributed by atoms with Crippen LogP contribution in [0.1, 0.15) is 30.1 Å². The first kappa shape index (κ1) is 15.6. The van der Waals surface area contributed by atoms with Crippen molar-refractivity contribution in [2.45, 2.75) is 31.5 Å². The van der Waals surface area contributed by atoms with Crippen LogP contribution in [-0.4, -0.2) is 28.5 Å². The quantitative estimate of drug-likeness (QED) is 0.908. The van der Waals surface area contributed by atoms with Gasteiger partial charge in [-0.3, -0.25) is 4.68 Å². The molecule has 122 valence electrons. The molecular formula is C17H22N4O2. The van der Waals surface area contributed by atoms with E-state index in [9.17, 15) is 4.79 Å². The summed E-state index contributed by atoms with van der Waals surface area (Å²) in [5.74, 6) is 0. The number of carbonyl (C=O) groups excluding carboxylic acids is 1. The van der Waals surface area contributed by atoms with Crippen LogP contribution in [0.3, 0.4) is 0 Å². The van der Waals surface area contributed by atoms with E-state index in [1.165, 1.54) is 0 Å². The van der Waals surface area contributed by atoms with Crippen molar-refractivity contribution in [1.82, 2.24) is 20.4 Å². The van der Waals surface area contributed by atoms with Gasteiger partial charge in [0.1, 0.15) is 0 Å². The number of amides is 2. The normalized spacial score (nSPS) is 20.9. The molecule has 1 fully saturated rings. The van der Waals surface area contributed by atoms with Gasteiger partial charge in [0.05, 0.1) is 12.3 Å². The van der Waals surface area contributed by atoms with Crippen LogP contribution in [0, 0.1) is 0 Å². The van der Waals surface area contributed by atoms with Crippen molar-refractivity contribution in [2.24, 2.45) is 7.05 Å². The molecule has 0 radical (unpaired) electrons. The van der Waals surface area contributed by atoms with E-state index in [1.54, 1.807) is 10.9 Å². The summed E-state index contributed by atoms with van der Waals surface area (Å²) in [7, 11) is 1.86. The van der Waals surface area contributed by atoms with Crippen LogP contribution in [0.25, 0.3) is 0 Å². The fourth-order valence-electron chi connectivity index (χ4n) is 2.81. The zero-order valence-electron chi connectivity index (χ0n) is 13.2. The number of hydrogen-bond acceptors (Lipinski definition) is 3. The molecule has 1 aromatic carbocycles. The zero-order chi connectivity index (χ0) is 16.1. The number of benzene rings is 1. The summed E-state index contributed by atoms with van der Waals surface area (Å²) in [6.45, 7) is 1.14. The average molecular weight is 314 g/mol.